The molecule has 40 heavy (non-hydrogen) atoms. The van der Waals surface area contributed by atoms with Gasteiger partial charge in [0.05, 0.1) is 18.9 Å². The van der Waals surface area contributed by atoms with Crippen molar-refractivity contribution >= 4 is 23.3 Å². The summed E-state index contributed by atoms with van der Waals surface area (Å²) in [4.78, 5) is 19.8. The number of fused-ring (bicyclic) bond motifs is 1. The van der Waals surface area contributed by atoms with E-state index in [1.807, 2.05) is 59.5 Å². The largest absolute Gasteiger partial charge is 0.408 e. The van der Waals surface area contributed by atoms with Gasteiger partial charge in [0.2, 0.25) is 0 Å². The van der Waals surface area contributed by atoms with E-state index in [1.54, 1.807) is 0 Å². The number of hydrogen-bond acceptors (Lipinski definition) is 9. The third-order valence-corrected chi connectivity index (χ3v) is 6.56. The van der Waals surface area contributed by atoms with Crippen LogP contribution in [0.25, 0.3) is 11.5 Å². The Morgan fingerprint density at radius 2 is 1.73 bits per heavy atom. The van der Waals surface area contributed by atoms with E-state index in [-0.39, 0.29) is 35.5 Å². The normalized spacial score (nSPS) is 17.8. The number of nitrogens with zero attached hydrogens (tertiary/aromatic N) is 6. The number of carbonyl (C=O) groups excluding carboxylic acids is 1. The Hall–Kier alpha value is -4.52. The Kier molecular flexibility index (Phi) is 6.80. The van der Waals surface area contributed by atoms with Crippen LogP contribution in [0.2, 0.25) is 0 Å². The molecule has 2 aliphatic heterocycles. The molecule has 1 atom stereocenters. The highest BCUT2D eigenvalue weighted by Crippen LogP contribution is 2.32. The highest BCUT2D eigenvalue weighted by Gasteiger charge is 2.32. The first-order valence-electron chi connectivity index (χ1n) is 12.7. The fourth-order valence-corrected chi connectivity index (χ4v) is 4.74. The Bertz CT molecular complexity index is 1540. The molecule has 1 N–H and O–H groups in total. The molecule has 0 radical (unpaired) electrons. The van der Waals surface area contributed by atoms with Crippen LogP contribution in [0.3, 0.4) is 0 Å². The van der Waals surface area contributed by atoms with E-state index in [0.29, 0.717) is 32.0 Å². The predicted molar refractivity (Wildman–Crippen MR) is 139 cm³/mol. The van der Waals surface area contributed by atoms with Gasteiger partial charge in [-0.25, -0.2) is 0 Å². The molecule has 0 saturated carbocycles. The Balaban J connectivity index is 1.32. The monoisotopic (exact) mass is 551 g/mol. The quantitative estimate of drug-likeness (QED) is 0.386. The van der Waals surface area contributed by atoms with Crippen molar-refractivity contribution < 1.29 is 27.1 Å². The van der Waals surface area contributed by atoms with Gasteiger partial charge in [0.15, 0.2) is 17.8 Å². The molecule has 0 amide bonds. The van der Waals surface area contributed by atoms with Gasteiger partial charge >= 0.3 is 12.2 Å². The summed E-state index contributed by atoms with van der Waals surface area (Å²) in [6.45, 7) is 0.455. The van der Waals surface area contributed by atoms with Crippen molar-refractivity contribution in [3.8, 4) is 11.5 Å². The average molecular weight is 552 g/mol. The standard InChI is InChI=1S/C27H24F3N7O3/c28-27(29,30)16-37-15-20(24(35-37)36-10-12-39-13-11-36)25-33-34-26(40-25)32-23-21(38)14-18-8-4-5-9-19(18)22(31-23)17-6-2-1-3-7-17/h1-9,15,23H,10-14,16H2,(H,32,34)/t23-/m1/s1. The van der Waals surface area contributed by atoms with Crippen molar-refractivity contribution in [2.75, 3.05) is 36.5 Å². The maximum Gasteiger partial charge on any atom is 0.408 e. The number of halogens is 3. The number of alkyl halides is 3. The van der Waals surface area contributed by atoms with Crippen molar-refractivity contribution in [2.45, 2.75) is 25.3 Å². The van der Waals surface area contributed by atoms with Gasteiger partial charge in [-0.1, -0.05) is 59.7 Å². The van der Waals surface area contributed by atoms with Crippen molar-refractivity contribution in [1.29, 1.82) is 0 Å². The summed E-state index contributed by atoms with van der Waals surface area (Å²) in [7, 11) is 0. The number of aromatic nitrogens is 4. The van der Waals surface area contributed by atoms with E-state index in [0.717, 1.165) is 21.4 Å². The molecule has 2 aliphatic rings. The van der Waals surface area contributed by atoms with Crippen molar-refractivity contribution in [3.05, 3.63) is 77.5 Å². The third kappa shape index (κ3) is 5.45. The molecule has 206 valence electrons. The minimum atomic E-state index is -4.46. The molecule has 1 saturated heterocycles. The lowest BCUT2D eigenvalue weighted by molar-refractivity contribution is -0.142. The molecule has 0 aliphatic carbocycles. The van der Waals surface area contributed by atoms with Crippen molar-refractivity contribution in [1.82, 2.24) is 20.0 Å². The SMILES string of the molecule is O=C1Cc2ccccc2C(c2ccccc2)=N[C@@H]1Nc1nnc(-c2cn(CC(F)(F)F)nc2N2CCOCC2)o1. The van der Waals surface area contributed by atoms with Crippen LogP contribution in [-0.4, -0.2) is 70.1 Å². The number of nitrogens with one attached hydrogen (secondary N) is 1. The zero-order valence-electron chi connectivity index (χ0n) is 21.1. The number of hydrogen-bond donors (Lipinski definition) is 1. The zero-order valence-corrected chi connectivity index (χ0v) is 21.1. The molecule has 4 heterocycles. The second kappa shape index (κ2) is 10.6. The number of benzene rings is 2. The number of anilines is 2. The molecule has 6 rings (SSSR count). The van der Waals surface area contributed by atoms with Gasteiger partial charge in [-0.2, -0.15) is 18.3 Å². The van der Waals surface area contributed by atoms with Gasteiger partial charge in [0.25, 0.3) is 5.89 Å². The van der Waals surface area contributed by atoms with Gasteiger partial charge in [-0.05, 0) is 5.56 Å². The molecule has 2 aromatic carbocycles. The summed E-state index contributed by atoms with van der Waals surface area (Å²) in [6.07, 6.45) is -4.11. The first-order valence-corrected chi connectivity index (χ1v) is 12.7. The fraction of sp³-hybridized carbons (Fsp3) is 0.296. The Labute approximate surface area is 226 Å². The smallest absolute Gasteiger partial charge is 0.403 e. The van der Waals surface area contributed by atoms with Crippen LogP contribution < -0.4 is 10.2 Å². The van der Waals surface area contributed by atoms with Crippen LogP contribution in [0.1, 0.15) is 16.7 Å². The Morgan fingerprint density at radius 3 is 2.50 bits per heavy atom. The summed E-state index contributed by atoms with van der Waals surface area (Å²) in [5.41, 5.74) is 3.43. The summed E-state index contributed by atoms with van der Waals surface area (Å²) in [6, 6.07) is 17.0. The third-order valence-electron chi connectivity index (χ3n) is 6.56. The lowest BCUT2D eigenvalue weighted by Crippen LogP contribution is -2.37. The van der Waals surface area contributed by atoms with Crippen LogP contribution in [-0.2, 0) is 22.5 Å². The molecule has 1 fully saturated rings. The molecule has 0 bridgehead atoms. The summed E-state index contributed by atoms with van der Waals surface area (Å²) in [5, 5.41) is 15.1. The van der Waals surface area contributed by atoms with Crippen LogP contribution in [0.4, 0.5) is 25.0 Å². The highest BCUT2D eigenvalue weighted by atomic mass is 19.4. The number of Topliss-reactive ketones (excluding diaryl/α,β-unsaturated/α-hetero) is 1. The number of rotatable bonds is 6. The van der Waals surface area contributed by atoms with Gasteiger partial charge < -0.3 is 19.4 Å². The van der Waals surface area contributed by atoms with E-state index >= 15 is 0 Å². The fourth-order valence-electron chi connectivity index (χ4n) is 4.74. The molecule has 2 aromatic heterocycles. The lowest BCUT2D eigenvalue weighted by Gasteiger charge is -2.27. The topological polar surface area (TPSA) is 111 Å². The number of ketones is 1. The van der Waals surface area contributed by atoms with E-state index in [9.17, 15) is 18.0 Å². The number of carbonyl (C=O) groups is 1. The van der Waals surface area contributed by atoms with E-state index in [4.69, 9.17) is 14.1 Å². The Morgan fingerprint density at radius 1 is 0.975 bits per heavy atom. The van der Waals surface area contributed by atoms with Crippen molar-refractivity contribution in [3.63, 3.8) is 0 Å². The first kappa shape index (κ1) is 25.7. The molecular weight excluding hydrogens is 527 g/mol. The molecule has 13 heteroatoms. The van der Waals surface area contributed by atoms with Gasteiger partial charge in [0.1, 0.15) is 12.1 Å². The summed E-state index contributed by atoms with van der Waals surface area (Å²) < 4.78 is 51.3. The number of morpholine rings is 1. The van der Waals surface area contributed by atoms with Gasteiger partial charge in [-0.15, -0.1) is 5.10 Å². The van der Waals surface area contributed by atoms with E-state index < -0.39 is 18.9 Å². The molecule has 0 unspecified atom stereocenters. The summed E-state index contributed by atoms with van der Waals surface area (Å²) in [5.74, 6) is 0.0484. The minimum Gasteiger partial charge on any atom is -0.403 e. The van der Waals surface area contributed by atoms with Gasteiger partial charge in [0, 0.05) is 36.8 Å². The number of ether oxygens (including phenoxy) is 1. The lowest BCUT2D eigenvalue weighted by atomic mass is 9.96. The van der Waals surface area contributed by atoms with E-state index in [1.165, 1.54) is 6.20 Å². The van der Waals surface area contributed by atoms with Crippen LogP contribution in [0.15, 0.2) is 70.2 Å². The number of aliphatic imine (C=N–C) groups is 1. The van der Waals surface area contributed by atoms with E-state index in [2.05, 4.69) is 20.6 Å². The zero-order chi connectivity index (χ0) is 27.7. The van der Waals surface area contributed by atoms with Crippen LogP contribution in [0, 0.1) is 0 Å². The average Bonchev–Trinajstić information content (AvgIpc) is 3.55. The minimum absolute atomic E-state index is 0.0333. The second-order valence-corrected chi connectivity index (χ2v) is 9.38. The predicted octanol–water partition coefficient (Wildman–Crippen LogP) is 3.73. The van der Waals surface area contributed by atoms with Crippen LogP contribution >= 0.6 is 0 Å². The molecule has 10 nitrogen and oxygen atoms in total. The molecule has 0 spiro atoms. The summed E-state index contributed by atoms with van der Waals surface area (Å²) >= 11 is 0. The highest BCUT2D eigenvalue weighted by molar-refractivity contribution is 6.16. The first-order chi connectivity index (χ1) is 19.3. The molecular formula is C27H24F3N7O3. The van der Waals surface area contributed by atoms with Crippen molar-refractivity contribution in [2.24, 2.45) is 4.99 Å². The maximum absolute atomic E-state index is 13.2. The van der Waals surface area contributed by atoms with Gasteiger partial charge in [-0.3, -0.25) is 14.5 Å². The van der Waals surface area contributed by atoms with Crippen LogP contribution in [0.5, 0.6) is 0 Å². The second-order valence-electron chi connectivity index (χ2n) is 9.38. The molecule has 4 aromatic rings. The maximum atomic E-state index is 13.2.